The van der Waals surface area contributed by atoms with Gasteiger partial charge in [0.25, 0.3) is 0 Å². The van der Waals surface area contributed by atoms with Gasteiger partial charge >= 0.3 is 0 Å². The summed E-state index contributed by atoms with van der Waals surface area (Å²) in [7, 11) is -1.13. The highest BCUT2D eigenvalue weighted by Crippen LogP contribution is 2.10. The number of aromatic nitrogens is 2. The number of carbonyl (C=O) groups excluding carboxylic acids is 1. The zero-order chi connectivity index (χ0) is 13.1. The predicted molar refractivity (Wildman–Crippen MR) is 65.7 cm³/mol. The molecule has 1 rings (SSSR count). The molecule has 7 heteroatoms. The summed E-state index contributed by atoms with van der Waals surface area (Å²) < 4.78 is 6.74. The predicted octanol–water partition coefficient (Wildman–Crippen LogP) is 1.21. The van der Waals surface area contributed by atoms with Gasteiger partial charge in [-0.1, -0.05) is 31.2 Å². The van der Waals surface area contributed by atoms with Crippen molar-refractivity contribution in [1.82, 2.24) is 9.55 Å². The van der Waals surface area contributed by atoms with Gasteiger partial charge in [-0.15, -0.1) is 0 Å². The molecule has 96 valence electrons. The zero-order valence-corrected chi connectivity index (χ0v) is 12.0. The quantitative estimate of drug-likeness (QED) is 0.578. The lowest BCUT2D eigenvalue weighted by Crippen LogP contribution is -2.27. The topological polar surface area (TPSA) is 67.2 Å². The van der Waals surface area contributed by atoms with Crippen molar-refractivity contribution in [3.05, 3.63) is 17.2 Å². The third-order valence-corrected chi connectivity index (χ3v) is 4.04. The molecule has 0 amide bonds. The van der Waals surface area contributed by atoms with Gasteiger partial charge in [0.1, 0.15) is 17.9 Å². The van der Waals surface area contributed by atoms with E-state index < -0.39 is 14.0 Å². The first kappa shape index (κ1) is 14.2. The molecular weight excluding hydrogens is 260 g/mol. The molecule has 0 radical (unpaired) electrons. The van der Waals surface area contributed by atoms with E-state index in [-0.39, 0.29) is 17.7 Å². The second-order valence-corrected chi connectivity index (χ2v) is 11.0. The summed E-state index contributed by atoms with van der Waals surface area (Å²) in [5.41, 5.74) is 0. The molecule has 0 fully saturated rings. The fourth-order valence-corrected chi connectivity index (χ4v) is 2.14. The van der Waals surface area contributed by atoms with E-state index in [9.17, 15) is 9.90 Å². The highest BCUT2D eigenvalue weighted by Gasteiger charge is 2.12. The third-order valence-electron chi connectivity index (χ3n) is 2.16. The number of hydrogen-bond donors (Lipinski definition) is 0. The van der Waals surface area contributed by atoms with Gasteiger partial charge in [0, 0.05) is 20.9 Å². The molecule has 0 N–H and O–H groups in total. The summed E-state index contributed by atoms with van der Waals surface area (Å²) in [4.78, 5) is 14.4. The maximum absolute atomic E-state index is 10.7. The van der Waals surface area contributed by atoms with E-state index >= 15 is 0 Å². The number of carbonyl (C=O) groups is 1. The molecule has 0 aliphatic heterocycles. The fraction of sp³-hybridized carbons (Fsp3) is 0.600. The Balaban J connectivity index is 2.49. The lowest BCUT2D eigenvalue weighted by atomic mass is 10.6. The normalized spacial score (nSPS) is 11.8. The Morgan fingerprint density at radius 2 is 2.24 bits per heavy atom. The van der Waals surface area contributed by atoms with E-state index in [2.05, 4.69) is 24.6 Å². The highest BCUT2D eigenvalue weighted by molar-refractivity contribution is 6.76. The minimum absolute atomic E-state index is 0.123. The van der Waals surface area contributed by atoms with Crippen molar-refractivity contribution in [3.8, 4) is 0 Å². The van der Waals surface area contributed by atoms with Crippen molar-refractivity contribution in [3.63, 3.8) is 0 Å². The van der Waals surface area contributed by atoms with Gasteiger partial charge in [-0.05, 0) is 6.04 Å². The molecule has 1 aromatic rings. The van der Waals surface area contributed by atoms with Crippen molar-refractivity contribution in [2.45, 2.75) is 32.4 Å². The maximum atomic E-state index is 10.7. The first-order valence-corrected chi connectivity index (χ1v) is 9.40. The Labute approximate surface area is 106 Å². The lowest BCUT2D eigenvalue weighted by Gasteiger charge is -2.16. The number of rotatable bonds is 6. The van der Waals surface area contributed by atoms with Gasteiger partial charge in [-0.25, -0.2) is 4.98 Å². The van der Waals surface area contributed by atoms with Crippen LogP contribution in [0.25, 0.3) is 0 Å². The van der Waals surface area contributed by atoms with E-state index in [4.69, 9.17) is 16.3 Å². The molecule has 17 heavy (non-hydrogen) atoms. The maximum Gasteiger partial charge on any atom is 0.159 e. The lowest BCUT2D eigenvalue weighted by molar-refractivity contribution is -0.256. The molecule has 0 aliphatic rings. The number of aromatic carboxylic acids is 1. The summed E-state index contributed by atoms with van der Waals surface area (Å²) in [5.74, 6) is -1.56. The average Bonchev–Trinajstić information content (AvgIpc) is 2.53. The highest BCUT2D eigenvalue weighted by atomic mass is 35.5. The van der Waals surface area contributed by atoms with Crippen molar-refractivity contribution in [2.75, 3.05) is 6.61 Å². The number of nitrogens with zero attached hydrogens (tertiary/aromatic N) is 2. The van der Waals surface area contributed by atoms with Gasteiger partial charge in [0.15, 0.2) is 5.82 Å². The fourth-order valence-electron chi connectivity index (χ4n) is 1.19. The van der Waals surface area contributed by atoms with Gasteiger partial charge in [-0.3, -0.25) is 0 Å². The second-order valence-electron chi connectivity index (χ2n) is 4.99. The summed E-state index contributed by atoms with van der Waals surface area (Å²) in [6.45, 7) is 7.48. The standard InChI is InChI=1S/C10H17ClN2O3Si/c1-17(2,3)5-4-16-7-13-6-8(11)12-9(13)10(14)15/h6H,4-5,7H2,1-3H3,(H,14,15)/p-1. The van der Waals surface area contributed by atoms with Crippen molar-refractivity contribution in [1.29, 1.82) is 0 Å². The summed E-state index contributed by atoms with van der Waals surface area (Å²) in [5, 5.41) is 10.8. The smallest absolute Gasteiger partial charge is 0.159 e. The number of carboxylic acids is 1. The van der Waals surface area contributed by atoms with Gasteiger partial charge in [-0.2, -0.15) is 0 Å². The minimum Gasteiger partial charge on any atom is -0.542 e. The first-order valence-electron chi connectivity index (χ1n) is 5.31. The molecule has 0 saturated heterocycles. The Morgan fingerprint density at radius 1 is 1.59 bits per heavy atom. The van der Waals surface area contributed by atoms with Crippen molar-refractivity contribution >= 4 is 25.6 Å². The molecule has 0 saturated carbocycles. The Kier molecular flexibility index (Phi) is 4.73. The number of ether oxygens (including phenoxy) is 1. The molecular formula is C10H16ClN2O3Si-. The molecule has 5 nitrogen and oxygen atoms in total. The number of carboxylic acid groups (broad SMARTS) is 1. The van der Waals surface area contributed by atoms with Crippen LogP contribution in [0.3, 0.4) is 0 Å². The zero-order valence-electron chi connectivity index (χ0n) is 10.2. The summed E-state index contributed by atoms with van der Waals surface area (Å²) >= 11 is 5.62. The van der Waals surface area contributed by atoms with Crippen LogP contribution in [0.4, 0.5) is 0 Å². The number of hydrogen-bond acceptors (Lipinski definition) is 4. The van der Waals surface area contributed by atoms with Crippen LogP contribution in [0.2, 0.25) is 30.8 Å². The van der Waals surface area contributed by atoms with Gasteiger partial charge < -0.3 is 19.2 Å². The molecule has 1 heterocycles. The molecule has 1 aromatic heterocycles. The molecule has 0 spiro atoms. The Bertz CT molecular complexity index is 401. The minimum atomic E-state index is -1.36. The van der Waals surface area contributed by atoms with Crippen LogP contribution < -0.4 is 5.11 Å². The van der Waals surface area contributed by atoms with Crippen LogP contribution in [0.1, 0.15) is 10.6 Å². The van der Waals surface area contributed by atoms with Crippen LogP contribution in [0, 0.1) is 0 Å². The van der Waals surface area contributed by atoms with Gasteiger partial charge in [0.05, 0.1) is 0 Å². The van der Waals surface area contributed by atoms with E-state index in [1.54, 1.807) is 0 Å². The van der Waals surface area contributed by atoms with E-state index in [1.165, 1.54) is 10.8 Å². The van der Waals surface area contributed by atoms with Crippen molar-refractivity contribution in [2.24, 2.45) is 0 Å². The molecule has 0 atom stereocenters. The molecule has 0 unspecified atom stereocenters. The first-order chi connectivity index (χ1) is 7.79. The van der Waals surface area contributed by atoms with E-state index in [0.29, 0.717) is 6.61 Å². The SMILES string of the molecule is C[Si](C)(C)CCOCn1cc(Cl)nc1C(=O)[O-]. The third kappa shape index (κ3) is 4.89. The molecule has 0 bridgehead atoms. The average molecular weight is 276 g/mol. The van der Waals surface area contributed by atoms with E-state index in [0.717, 1.165) is 6.04 Å². The Hall–Kier alpha value is -0.853. The van der Waals surface area contributed by atoms with Gasteiger partial charge in [0.2, 0.25) is 0 Å². The molecule has 0 aliphatic carbocycles. The summed E-state index contributed by atoms with van der Waals surface area (Å²) in [6.07, 6.45) is 1.42. The van der Waals surface area contributed by atoms with Crippen LogP contribution in [-0.2, 0) is 11.5 Å². The van der Waals surface area contributed by atoms with Crippen LogP contribution in [-0.4, -0.2) is 30.2 Å². The second kappa shape index (κ2) is 5.66. The van der Waals surface area contributed by atoms with Crippen LogP contribution >= 0.6 is 11.6 Å². The number of halogens is 1. The Morgan fingerprint density at radius 3 is 2.76 bits per heavy atom. The van der Waals surface area contributed by atoms with E-state index in [1.807, 2.05) is 0 Å². The van der Waals surface area contributed by atoms with Crippen LogP contribution in [0.15, 0.2) is 6.20 Å². The number of imidazole rings is 1. The monoisotopic (exact) mass is 275 g/mol. The van der Waals surface area contributed by atoms with Crippen molar-refractivity contribution < 1.29 is 14.6 Å². The van der Waals surface area contributed by atoms with Crippen LogP contribution in [0.5, 0.6) is 0 Å². The molecule has 0 aromatic carbocycles. The summed E-state index contributed by atoms with van der Waals surface area (Å²) in [6, 6.07) is 1.02. The largest absolute Gasteiger partial charge is 0.542 e.